The maximum atomic E-state index is 5.79. The van der Waals surface area contributed by atoms with E-state index in [0.717, 1.165) is 22.6 Å². The third kappa shape index (κ3) is 2.72. The minimum atomic E-state index is 0.708. The van der Waals surface area contributed by atoms with Gasteiger partial charge in [0.05, 0.1) is 11.9 Å². The first kappa shape index (κ1) is 13.2. The van der Waals surface area contributed by atoms with E-state index < -0.39 is 0 Å². The summed E-state index contributed by atoms with van der Waals surface area (Å²) in [5.74, 6) is 0. The van der Waals surface area contributed by atoms with Crippen LogP contribution in [0.2, 0.25) is 0 Å². The smallest absolute Gasteiger partial charge is 0.113 e. The van der Waals surface area contributed by atoms with Crippen molar-refractivity contribution in [3.05, 3.63) is 54.7 Å². The molecule has 5 nitrogen and oxygen atoms in total. The van der Waals surface area contributed by atoms with E-state index in [1.807, 2.05) is 56.7 Å². The summed E-state index contributed by atoms with van der Waals surface area (Å²) in [4.78, 5) is 2.06. The molecule has 3 aromatic rings. The van der Waals surface area contributed by atoms with Crippen LogP contribution in [0.1, 0.15) is 0 Å². The zero-order chi connectivity index (χ0) is 14.8. The van der Waals surface area contributed by atoms with E-state index in [9.17, 15) is 0 Å². The standard InChI is InChI=1S/C16H17N5/c1-20(2)14-8-6-12(7-9-14)16-11-21(19-18-16)15-5-3-4-13(17)10-15/h3-11H,17H2,1-2H3. The summed E-state index contributed by atoms with van der Waals surface area (Å²) in [5, 5.41) is 8.39. The lowest BCUT2D eigenvalue weighted by atomic mass is 10.1. The van der Waals surface area contributed by atoms with Gasteiger partial charge in [0.1, 0.15) is 5.69 Å². The first-order valence-corrected chi connectivity index (χ1v) is 6.69. The number of hydrogen-bond donors (Lipinski definition) is 1. The highest BCUT2D eigenvalue weighted by atomic mass is 15.4. The van der Waals surface area contributed by atoms with Crippen molar-refractivity contribution in [3.63, 3.8) is 0 Å². The zero-order valence-electron chi connectivity index (χ0n) is 12.1. The van der Waals surface area contributed by atoms with Gasteiger partial charge >= 0.3 is 0 Å². The number of aromatic nitrogens is 3. The monoisotopic (exact) mass is 279 g/mol. The van der Waals surface area contributed by atoms with E-state index in [1.54, 1.807) is 4.68 Å². The molecule has 0 amide bonds. The largest absolute Gasteiger partial charge is 0.399 e. The van der Waals surface area contributed by atoms with E-state index in [2.05, 4.69) is 27.3 Å². The van der Waals surface area contributed by atoms with Crippen molar-refractivity contribution in [2.75, 3.05) is 24.7 Å². The zero-order valence-corrected chi connectivity index (χ0v) is 12.1. The molecule has 1 heterocycles. The molecule has 0 bridgehead atoms. The number of benzene rings is 2. The number of nitrogens with two attached hydrogens (primary N) is 1. The average Bonchev–Trinajstić information content (AvgIpc) is 2.97. The van der Waals surface area contributed by atoms with E-state index in [-0.39, 0.29) is 0 Å². The summed E-state index contributed by atoms with van der Waals surface area (Å²) >= 11 is 0. The maximum absolute atomic E-state index is 5.79. The first-order valence-electron chi connectivity index (χ1n) is 6.69. The predicted octanol–water partition coefficient (Wildman–Crippen LogP) is 2.58. The average molecular weight is 279 g/mol. The van der Waals surface area contributed by atoms with Gasteiger partial charge in [-0.05, 0) is 30.3 Å². The molecule has 2 aromatic carbocycles. The fourth-order valence-electron chi connectivity index (χ4n) is 2.12. The fraction of sp³-hybridized carbons (Fsp3) is 0.125. The second kappa shape index (κ2) is 5.28. The minimum Gasteiger partial charge on any atom is -0.399 e. The number of anilines is 2. The van der Waals surface area contributed by atoms with Gasteiger partial charge in [0, 0.05) is 31.0 Å². The Hall–Kier alpha value is -2.82. The Labute approximate surface area is 123 Å². The molecule has 0 aliphatic heterocycles. The van der Waals surface area contributed by atoms with Crippen LogP contribution in [0.3, 0.4) is 0 Å². The van der Waals surface area contributed by atoms with Crippen molar-refractivity contribution in [2.45, 2.75) is 0 Å². The quantitative estimate of drug-likeness (QED) is 0.749. The molecule has 3 rings (SSSR count). The minimum absolute atomic E-state index is 0.708. The highest BCUT2D eigenvalue weighted by Gasteiger charge is 2.06. The van der Waals surface area contributed by atoms with E-state index in [4.69, 9.17) is 5.73 Å². The van der Waals surface area contributed by atoms with E-state index >= 15 is 0 Å². The fourth-order valence-corrected chi connectivity index (χ4v) is 2.12. The van der Waals surface area contributed by atoms with Crippen molar-refractivity contribution in [2.24, 2.45) is 0 Å². The lowest BCUT2D eigenvalue weighted by Crippen LogP contribution is -2.07. The van der Waals surface area contributed by atoms with Gasteiger partial charge in [-0.1, -0.05) is 23.4 Å². The first-order chi connectivity index (χ1) is 10.1. The molecular formula is C16H17N5. The molecule has 0 fully saturated rings. The SMILES string of the molecule is CN(C)c1ccc(-c2cn(-c3cccc(N)c3)nn2)cc1. The van der Waals surface area contributed by atoms with Crippen LogP contribution in [-0.2, 0) is 0 Å². The highest BCUT2D eigenvalue weighted by Crippen LogP contribution is 2.21. The van der Waals surface area contributed by atoms with Crippen LogP contribution in [0.5, 0.6) is 0 Å². The molecule has 1 aromatic heterocycles. The molecule has 0 spiro atoms. The van der Waals surface area contributed by atoms with Crippen molar-refractivity contribution in [3.8, 4) is 16.9 Å². The van der Waals surface area contributed by atoms with Gasteiger partial charge in [0.15, 0.2) is 0 Å². The summed E-state index contributed by atoms with van der Waals surface area (Å²) < 4.78 is 1.73. The van der Waals surface area contributed by atoms with Crippen LogP contribution in [0, 0.1) is 0 Å². The maximum Gasteiger partial charge on any atom is 0.113 e. The van der Waals surface area contributed by atoms with Crippen LogP contribution >= 0.6 is 0 Å². The van der Waals surface area contributed by atoms with Gasteiger partial charge in [-0.2, -0.15) is 0 Å². The molecular weight excluding hydrogens is 262 g/mol. The second-order valence-electron chi connectivity index (χ2n) is 5.08. The second-order valence-corrected chi connectivity index (χ2v) is 5.08. The Morgan fingerprint density at radius 3 is 2.48 bits per heavy atom. The lowest BCUT2D eigenvalue weighted by Gasteiger charge is -2.11. The Bertz CT molecular complexity index is 743. The van der Waals surface area contributed by atoms with Crippen molar-refractivity contribution in [1.82, 2.24) is 15.0 Å². The van der Waals surface area contributed by atoms with Gasteiger partial charge in [0.25, 0.3) is 0 Å². The number of rotatable bonds is 3. The highest BCUT2D eigenvalue weighted by molar-refractivity contribution is 5.62. The van der Waals surface area contributed by atoms with Crippen molar-refractivity contribution in [1.29, 1.82) is 0 Å². The van der Waals surface area contributed by atoms with Crippen molar-refractivity contribution >= 4 is 11.4 Å². The third-order valence-corrected chi connectivity index (χ3v) is 3.31. The van der Waals surface area contributed by atoms with Gasteiger partial charge in [-0.3, -0.25) is 0 Å². The molecule has 106 valence electrons. The Balaban J connectivity index is 1.91. The number of nitrogen functional groups attached to an aromatic ring is 1. The van der Waals surface area contributed by atoms with Gasteiger partial charge in [-0.15, -0.1) is 5.10 Å². The molecule has 5 heteroatoms. The molecule has 0 saturated heterocycles. The van der Waals surface area contributed by atoms with Crippen LogP contribution in [0.15, 0.2) is 54.7 Å². The summed E-state index contributed by atoms with van der Waals surface area (Å²) in [6.45, 7) is 0. The molecule has 2 N–H and O–H groups in total. The van der Waals surface area contributed by atoms with E-state index in [1.165, 1.54) is 0 Å². The third-order valence-electron chi connectivity index (χ3n) is 3.31. The van der Waals surface area contributed by atoms with Crippen LogP contribution in [-0.4, -0.2) is 29.1 Å². The van der Waals surface area contributed by atoms with Gasteiger partial charge in [-0.25, -0.2) is 4.68 Å². The Morgan fingerprint density at radius 2 is 1.81 bits per heavy atom. The summed E-state index contributed by atoms with van der Waals surface area (Å²) in [7, 11) is 4.04. The summed E-state index contributed by atoms with van der Waals surface area (Å²) in [6.07, 6.45) is 1.90. The molecule has 0 unspecified atom stereocenters. The molecule has 0 aliphatic rings. The molecule has 0 atom stereocenters. The number of hydrogen-bond acceptors (Lipinski definition) is 4. The Morgan fingerprint density at radius 1 is 1.05 bits per heavy atom. The van der Waals surface area contributed by atoms with Gasteiger partial charge in [0.2, 0.25) is 0 Å². The number of nitrogens with zero attached hydrogens (tertiary/aromatic N) is 4. The van der Waals surface area contributed by atoms with Crippen LogP contribution in [0.4, 0.5) is 11.4 Å². The molecule has 0 radical (unpaired) electrons. The summed E-state index contributed by atoms with van der Waals surface area (Å²) in [5.41, 5.74) is 10.4. The van der Waals surface area contributed by atoms with Crippen LogP contribution < -0.4 is 10.6 Å². The topological polar surface area (TPSA) is 60.0 Å². The predicted molar refractivity (Wildman–Crippen MR) is 85.5 cm³/mol. The summed E-state index contributed by atoms with van der Waals surface area (Å²) in [6, 6.07) is 15.8. The van der Waals surface area contributed by atoms with Crippen molar-refractivity contribution < 1.29 is 0 Å². The Kier molecular flexibility index (Phi) is 3.31. The molecule has 0 saturated carbocycles. The van der Waals surface area contributed by atoms with Crippen LogP contribution in [0.25, 0.3) is 16.9 Å². The molecule has 21 heavy (non-hydrogen) atoms. The van der Waals surface area contributed by atoms with Gasteiger partial charge < -0.3 is 10.6 Å². The lowest BCUT2D eigenvalue weighted by molar-refractivity contribution is 0.804. The molecule has 0 aliphatic carbocycles. The normalized spacial score (nSPS) is 10.6. The van der Waals surface area contributed by atoms with E-state index in [0.29, 0.717) is 5.69 Å².